The number of methoxy groups -OCH3 is 5. The van der Waals surface area contributed by atoms with E-state index in [2.05, 4.69) is 13.8 Å². The maximum atomic E-state index is 13.3. The minimum absolute atomic E-state index is 0.190. The molecule has 0 radical (unpaired) electrons. The zero-order valence-corrected chi connectivity index (χ0v) is 24.7. The molecular weight excluding hydrogens is 532 g/mol. The number of rotatable bonds is 8. The van der Waals surface area contributed by atoms with Crippen molar-refractivity contribution < 1.29 is 33.2 Å². The highest BCUT2D eigenvalue weighted by atomic mass is 35.5. The van der Waals surface area contributed by atoms with E-state index in [1.807, 2.05) is 36.4 Å². The molecule has 0 saturated carbocycles. The van der Waals surface area contributed by atoms with Gasteiger partial charge in [0.25, 0.3) is 0 Å². The molecule has 7 nitrogen and oxygen atoms in total. The first kappa shape index (κ1) is 29.2. The summed E-state index contributed by atoms with van der Waals surface area (Å²) in [5.74, 6) is 2.03. The van der Waals surface area contributed by atoms with Gasteiger partial charge in [0.05, 0.1) is 40.6 Å². The average molecular weight is 567 g/mol. The number of esters is 1. The van der Waals surface area contributed by atoms with Crippen molar-refractivity contribution in [1.82, 2.24) is 0 Å². The molecule has 0 spiro atoms. The topological polar surface area (TPSA) is 72.5 Å². The second-order valence-electron chi connectivity index (χ2n) is 9.77. The molecule has 0 amide bonds. The van der Waals surface area contributed by atoms with Gasteiger partial charge in [-0.15, -0.1) is 0 Å². The van der Waals surface area contributed by atoms with Gasteiger partial charge in [-0.3, -0.25) is 0 Å². The molecule has 3 aromatic carbocycles. The normalized spacial score (nSPS) is 16.3. The fourth-order valence-electron chi connectivity index (χ4n) is 5.20. The Kier molecular flexibility index (Phi) is 9.15. The number of halogens is 1. The third kappa shape index (κ3) is 5.43. The van der Waals surface area contributed by atoms with Gasteiger partial charge in [-0.1, -0.05) is 55.8 Å². The van der Waals surface area contributed by atoms with Crippen LogP contribution in [0.15, 0.2) is 42.5 Å². The number of fused-ring (bicyclic) bond motifs is 3. The Bertz CT molecular complexity index is 1420. The quantitative estimate of drug-likeness (QED) is 0.164. The molecular formula is C32H35ClO7. The summed E-state index contributed by atoms with van der Waals surface area (Å²) in [4.78, 5) is 13.3. The van der Waals surface area contributed by atoms with Gasteiger partial charge in [0.2, 0.25) is 11.5 Å². The van der Waals surface area contributed by atoms with Crippen LogP contribution < -0.4 is 28.4 Å². The van der Waals surface area contributed by atoms with Crippen LogP contribution in [-0.2, 0) is 17.6 Å². The lowest BCUT2D eigenvalue weighted by molar-refractivity contribution is -0.129. The molecule has 2 atom stereocenters. The zero-order valence-electron chi connectivity index (χ0n) is 23.9. The van der Waals surface area contributed by atoms with E-state index in [-0.39, 0.29) is 17.4 Å². The van der Waals surface area contributed by atoms with Crippen molar-refractivity contribution in [2.24, 2.45) is 11.8 Å². The Balaban J connectivity index is 2.06. The van der Waals surface area contributed by atoms with Crippen LogP contribution >= 0.6 is 11.6 Å². The van der Waals surface area contributed by atoms with Crippen LogP contribution in [0.5, 0.6) is 34.5 Å². The predicted octanol–water partition coefficient (Wildman–Crippen LogP) is 7.04. The monoisotopic (exact) mass is 566 g/mol. The molecule has 212 valence electrons. The Morgan fingerprint density at radius 1 is 0.775 bits per heavy atom. The van der Waals surface area contributed by atoms with Crippen LogP contribution in [0.2, 0.25) is 5.02 Å². The van der Waals surface area contributed by atoms with Crippen LogP contribution in [0.4, 0.5) is 0 Å². The molecule has 3 aromatic rings. The molecule has 0 N–H and O–H groups in total. The van der Waals surface area contributed by atoms with Crippen molar-refractivity contribution in [2.45, 2.75) is 26.7 Å². The highest BCUT2D eigenvalue weighted by Gasteiger charge is 2.36. The fourth-order valence-corrected chi connectivity index (χ4v) is 5.53. The van der Waals surface area contributed by atoms with E-state index in [4.69, 9.17) is 40.0 Å². The Morgan fingerprint density at radius 2 is 1.40 bits per heavy atom. The average Bonchev–Trinajstić information content (AvgIpc) is 2.96. The summed E-state index contributed by atoms with van der Waals surface area (Å²) >= 11 is 7.04. The van der Waals surface area contributed by atoms with Crippen molar-refractivity contribution in [3.63, 3.8) is 0 Å². The van der Waals surface area contributed by atoms with Gasteiger partial charge in [0, 0.05) is 17.2 Å². The Labute approximate surface area is 240 Å². The van der Waals surface area contributed by atoms with Crippen molar-refractivity contribution in [3.05, 3.63) is 64.2 Å². The second kappa shape index (κ2) is 12.6. The smallest absolute Gasteiger partial charge is 0.336 e. The van der Waals surface area contributed by atoms with Gasteiger partial charge in [0.15, 0.2) is 23.0 Å². The number of carbonyl (C=O) groups is 1. The van der Waals surface area contributed by atoms with Crippen molar-refractivity contribution in [3.8, 4) is 45.6 Å². The lowest BCUT2D eigenvalue weighted by Gasteiger charge is -2.31. The number of carbonyl (C=O) groups excluding carboxylic acids is 1. The number of hydrogen-bond acceptors (Lipinski definition) is 7. The predicted molar refractivity (Wildman–Crippen MR) is 156 cm³/mol. The first-order valence-electron chi connectivity index (χ1n) is 13.0. The fraction of sp³-hybridized carbons (Fsp3) is 0.344. The van der Waals surface area contributed by atoms with E-state index in [1.54, 1.807) is 27.4 Å². The van der Waals surface area contributed by atoms with Crippen molar-refractivity contribution in [1.29, 1.82) is 0 Å². The van der Waals surface area contributed by atoms with Crippen molar-refractivity contribution >= 4 is 23.6 Å². The lowest BCUT2D eigenvalue weighted by atomic mass is 9.77. The van der Waals surface area contributed by atoms with Gasteiger partial charge < -0.3 is 28.4 Å². The minimum atomic E-state index is -0.585. The van der Waals surface area contributed by atoms with Crippen molar-refractivity contribution in [2.75, 3.05) is 35.5 Å². The van der Waals surface area contributed by atoms with Crippen LogP contribution in [0.3, 0.4) is 0 Å². The van der Waals surface area contributed by atoms with Gasteiger partial charge in [-0.05, 0) is 53.5 Å². The minimum Gasteiger partial charge on any atom is -0.493 e. The Morgan fingerprint density at radius 3 is 2.00 bits per heavy atom. The lowest BCUT2D eigenvalue weighted by Crippen LogP contribution is -2.19. The Hall–Kier alpha value is -3.84. The summed E-state index contributed by atoms with van der Waals surface area (Å²) in [7, 11) is 7.70. The third-order valence-electron chi connectivity index (χ3n) is 7.43. The van der Waals surface area contributed by atoms with Gasteiger partial charge in [-0.2, -0.15) is 0 Å². The van der Waals surface area contributed by atoms with E-state index in [1.165, 1.54) is 20.3 Å². The molecule has 1 aliphatic rings. The number of benzene rings is 3. The first-order valence-corrected chi connectivity index (χ1v) is 13.4. The van der Waals surface area contributed by atoms with Crippen LogP contribution in [0, 0.1) is 11.8 Å². The second-order valence-corrected chi connectivity index (χ2v) is 10.1. The van der Waals surface area contributed by atoms with Gasteiger partial charge in [-0.25, -0.2) is 4.79 Å². The summed E-state index contributed by atoms with van der Waals surface area (Å²) in [5.41, 5.74) is 3.86. The molecule has 0 heterocycles. The molecule has 0 aliphatic heterocycles. The SMILES string of the molecule is COc1cc2c(c(OC)c1OC)-c1c(c(Cl)c(OC)c(OC)c1OC(=O)/C=C/c1ccccc1)CC(C)C(C)C2. The summed E-state index contributed by atoms with van der Waals surface area (Å²) in [6.07, 6.45) is 4.40. The summed E-state index contributed by atoms with van der Waals surface area (Å²) in [6.45, 7) is 4.38. The molecule has 4 rings (SSSR count). The molecule has 8 heteroatoms. The molecule has 0 fully saturated rings. The molecule has 2 unspecified atom stereocenters. The van der Waals surface area contributed by atoms with Crippen LogP contribution in [-0.4, -0.2) is 41.5 Å². The van der Waals surface area contributed by atoms with Gasteiger partial charge >= 0.3 is 5.97 Å². The summed E-state index contributed by atoms with van der Waals surface area (Å²) in [6, 6.07) is 11.4. The van der Waals surface area contributed by atoms with E-state index in [9.17, 15) is 4.79 Å². The summed E-state index contributed by atoms with van der Waals surface area (Å²) < 4.78 is 34.9. The first-order chi connectivity index (χ1) is 19.3. The maximum absolute atomic E-state index is 13.3. The standard InChI is InChI=1S/C32H35ClO7/c1-18-15-21-17-23(35-3)28(36-4)29(37-5)25(21)26-22(16-19(18)2)27(33)31(38-6)32(39-7)30(26)40-24(34)14-13-20-11-9-8-10-12-20/h8-14,17-19H,15-16H2,1-7H3/b14-13+. The maximum Gasteiger partial charge on any atom is 0.336 e. The van der Waals surface area contributed by atoms with Crippen LogP contribution in [0.1, 0.15) is 30.5 Å². The largest absolute Gasteiger partial charge is 0.493 e. The van der Waals surface area contributed by atoms with Crippen LogP contribution in [0.25, 0.3) is 17.2 Å². The van der Waals surface area contributed by atoms with E-state index < -0.39 is 5.97 Å². The number of ether oxygens (including phenoxy) is 6. The molecule has 0 bridgehead atoms. The van der Waals surface area contributed by atoms with E-state index in [0.29, 0.717) is 51.5 Å². The number of hydrogen-bond donors (Lipinski definition) is 0. The molecule has 0 saturated heterocycles. The van der Waals surface area contributed by atoms with E-state index in [0.717, 1.165) is 23.1 Å². The molecule has 0 aromatic heterocycles. The highest BCUT2D eigenvalue weighted by molar-refractivity contribution is 6.34. The molecule has 1 aliphatic carbocycles. The van der Waals surface area contributed by atoms with Gasteiger partial charge in [0.1, 0.15) is 0 Å². The van der Waals surface area contributed by atoms with E-state index >= 15 is 0 Å². The third-order valence-corrected chi connectivity index (χ3v) is 7.83. The summed E-state index contributed by atoms with van der Waals surface area (Å²) in [5, 5.41) is 0.387. The highest BCUT2D eigenvalue weighted by Crippen LogP contribution is 2.58. The zero-order chi connectivity index (χ0) is 29.0. The molecule has 40 heavy (non-hydrogen) atoms.